The van der Waals surface area contributed by atoms with Crippen LogP contribution in [-0.4, -0.2) is 36.6 Å². The molecule has 0 amide bonds. The average molecular weight is 238 g/mol. The second-order valence-electron chi connectivity index (χ2n) is 3.61. The van der Waals surface area contributed by atoms with Crippen molar-refractivity contribution in [3.63, 3.8) is 0 Å². The van der Waals surface area contributed by atoms with Crippen LogP contribution in [0.1, 0.15) is 11.7 Å². The number of ether oxygens (including phenoxy) is 2. The molecular formula is C13H18O4. The molecule has 0 heterocycles. The van der Waals surface area contributed by atoms with Crippen LogP contribution in [0.4, 0.5) is 0 Å². The summed E-state index contributed by atoms with van der Waals surface area (Å²) in [5.74, 6) is 0.639. The molecule has 0 fully saturated rings. The van der Waals surface area contributed by atoms with Crippen LogP contribution < -0.4 is 4.74 Å². The Labute approximate surface area is 101 Å². The van der Waals surface area contributed by atoms with Crippen molar-refractivity contribution in [1.82, 2.24) is 0 Å². The number of hydrogen-bond donors (Lipinski definition) is 2. The zero-order valence-electron chi connectivity index (χ0n) is 9.87. The van der Waals surface area contributed by atoms with Crippen LogP contribution in [0.25, 0.3) is 0 Å². The van der Waals surface area contributed by atoms with Crippen molar-refractivity contribution in [3.05, 3.63) is 42.5 Å². The molecule has 0 aliphatic rings. The van der Waals surface area contributed by atoms with E-state index in [9.17, 15) is 0 Å². The Hall–Kier alpha value is -1.36. The van der Waals surface area contributed by atoms with Gasteiger partial charge in [-0.2, -0.15) is 0 Å². The van der Waals surface area contributed by atoms with Gasteiger partial charge in [0.2, 0.25) is 0 Å². The van der Waals surface area contributed by atoms with Crippen molar-refractivity contribution in [2.45, 2.75) is 12.2 Å². The summed E-state index contributed by atoms with van der Waals surface area (Å²) < 4.78 is 10.5. The van der Waals surface area contributed by atoms with Crippen LogP contribution in [0.2, 0.25) is 0 Å². The highest BCUT2D eigenvalue weighted by atomic mass is 16.5. The molecule has 0 aliphatic heterocycles. The summed E-state index contributed by atoms with van der Waals surface area (Å²) in [6.07, 6.45) is 0.729. The van der Waals surface area contributed by atoms with Crippen LogP contribution in [-0.2, 0) is 4.74 Å². The molecule has 0 aliphatic carbocycles. The SMILES string of the molecule is C=CC(OC)c1ccc(OCC(O)CO)cc1. The van der Waals surface area contributed by atoms with Crippen LogP contribution >= 0.6 is 0 Å². The number of rotatable bonds is 7. The van der Waals surface area contributed by atoms with E-state index in [0.717, 1.165) is 5.56 Å². The molecule has 2 N–H and O–H groups in total. The van der Waals surface area contributed by atoms with Gasteiger partial charge in [0.25, 0.3) is 0 Å². The summed E-state index contributed by atoms with van der Waals surface area (Å²) in [6.45, 7) is 3.45. The lowest BCUT2D eigenvalue weighted by atomic mass is 10.1. The average Bonchev–Trinajstić information content (AvgIpc) is 2.38. The first-order valence-electron chi connectivity index (χ1n) is 5.38. The van der Waals surface area contributed by atoms with Crippen molar-refractivity contribution in [1.29, 1.82) is 0 Å². The smallest absolute Gasteiger partial charge is 0.119 e. The van der Waals surface area contributed by atoms with E-state index in [1.807, 2.05) is 12.1 Å². The van der Waals surface area contributed by atoms with Gasteiger partial charge in [-0.15, -0.1) is 6.58 Å². The van der Waals surface area contributed by atoms with E-state index >= 15 is 0 Å². The maximum absolute atomic E-state index is 9.13. The van der Waals surface area contributed by atoms with E-state index < -0.39 is 6.10 Å². The molecule has 4 heteroatoms. The lowest BCUT2D eigenvalue weighted by molar-refractivity contribution is 0.0536. The first-order chi connectivity index (χ1) is 8.21. The maximum atomic E-state index is 9.13. The zero-order valence-corrected chi connectivity index (χ0v) is 9.87. The minimum absolute atomic E-state index is 0.0744. The fourth-order valence-electron chi connectivity index (χ4n) is 1.37. The van der Waals surface area contributed by atoms with E-state index in [4.69, 9.17) is 19.7 Å². The summed E-state index contributed by atoms with van der Waals surface area (Å²) in [6, 6.07) is 7.32. The molecule has 2 unspecified atom stereocenters. The van der Waals surface area contributed by atoms with Crippen LogP contribution in [0.15, 0.2) is 36.9 Å². The molecule has 4 nitrogen and oxygen atoms in total. The van der Waals surface area contributed by atoms with E-state index in [0.29, 0.717) is 5.75 Å². The summed E-state index contributed by atoms with van der Waals surface area (Å²) in [7, 11) is 1.62. The fraction of sp³-hybridized carbons (Fsp3) is 0.385. The molecule has 1 aromatic carbocycles. The molecule has 0 bridgehead atoms. The molecule has 0 saturated heterocycles. The van der Waals surface area contributed by atoms with Gasteiger partial charge in [0.1, 0.15) is 18.5 Å². The monoisotopic (exact) mass is 238 g/mol. The quantitative estimate of drug-likeness (QED) is 0.703. The Kier molecular flexibility index (Phi) is 5.69. The van der Waals surface area contributed by atoms with E-state index in [2.05, 4.69) is 6.58 Å². The molecule has 0 aromatic heterocycles. The van der Waals surface area contributed by atoms with Crippen molar-refractivity contribution >= 4 is 0 Å². The predicted octanol–water partition coefficient (Wildman–Crippen LogP) is 1.29. The molecule has 2 atom stereocenters. The second-order valence-corrected chi connectivity index (χ2v) is 3.61. The number of methoxy groups -OCH3 is 1. The molecular weight excluding hydrogens is 220 g/mol. The summed E-state index contributed by atoms with van der Waals surface area (Å²) in [5.41, 5.74) is 0.984. The molecule has 0 radical (unpaired) electrons. The van der Waals surface area contributed by atoms with Gasteiger partial charge in [-0.05, 0) is 17.7 Å². The number of aliphatic hydroxyl groups is 2. The highest BCUT2D eigenvalue weighted by molar-refractivity contribution is 5.30. The lowest BCUT2D eigenvalue weighted by Gasteiger charge is -2.13. The third-order valence-electron chi connectivity index (χ3n) is 2.33. The number of hydrogen-bond acceptors (Lipinski definition) is 4. The molecule has 94 valence electrons. The fourth-order valence-corrected chi connectivity index (χ4v) is 1.37. The minimum atomic E-state index is -0.852. The first-order valence-corrected chi connectivity index (χ1v) is 5.38. The van der Waals surface area contributed by atoms with Gasteiger partial charge >= 0.3 is 0 Å². The van der Waals surface area contributed by atoms with E-state index in [1.165, 1.54) is 0 Å². The Morgan fingerprint density at radius 2 is 2.00 bits per heavy atom. The first kappa shape index (κ1) is 13.7. The van der Waals surface area contributed by atoms with E-state index in [1.54, 1.807) is 25.3 Å². The zero-order chi connectivity index (χ0) is 12.7. The van der Waals surface area contributed by atoms with E-state index in [-0.39, 0.29) is 19.3 Å². The number of benzene rings is 1. The van der Waals surface area contributed by atoms with Gasteiger partial charge in [-0.25, -0.2) is 0 Å². The van der Waals surface area contributed by atoms with Gasteiger partial charge in [0, 0.05) is 7.11 Å². The third-order valence-corrected chi connectivity index (χ3v) is 2.33. The van der Waals surface area contributed by atoms with Crippen LogP contribution in [0.3, 0.4) is 0 Å². The second kappa shape index (κ2) is 7.06. The van der Waals surface area contributed by atoms with Gasteiger partial charge < -0.3 is 19.7 Å². The van der Waals surface area contributed by atoms with Gasteiger partial charge in [0.15, 0.2) is 0 Å². The van der Waals surface area contributed by atoms with Crippen molar-refractivity contribution in [2.75, 3.05) is 20.3 Å². The number of aliphatic hydroxyl groups excluding tert-OH is 2. The molecule has 1 rings (SSSR count). The largest absolute Gasteiger partial charge is 0.491 e. The lowest BCUT2D eigenvalue weighted by Crippen LogP contribution is -2.21. The Balaban J connectivity index is 2.58. The van der Waals surface area contributed by atoms with Gasteiger partial charge in [-0.1, -0.05) is 18.2 Å². The van der Waals surface area contributed by atoms with Crippen molar-refractivity contribution in [2.24, 2.45) is 0 Å². The Morgan fingerprint density at radius 1 is 1.35 bits per heavy atom. The molecule has 1 aromatic rings. The predicted molar refractivity (Wildman–Crippen MR) is 65.0 cm³/mol. The van der Waals surface area contributed by atoms with Crippen molar-refractivity contribution < 1.29 is 19.7 Å². The minimum Gasteiger partial charge on any atom is -0.491 e. The summed E-state index contributed by atoms with van der Waals surface area (Å²) in [4.78, 5) is 0. The molecule has 0 spiro atoms. The Bertz CT molecular complexity index is 334. The van der Waals surface area contributed by atoms with Crippen molar-refractivity contribution in [3.8, 4) is 5.75 Å². The van der Waals surface area contributed by atoms with Crippen LogP contribution in [0.5, 0.6) is 5.75 Å². The Morgan fingerprint density at radius 3 is 2.47 bits per heavy atom. The van der Waals surface area contributed by atoms with Gasteiger partial charge in [-0.3, -0.25) is 0 Å². The molecule has 17 heavy (non-hydrogen) atoms. The topological polar surface area (TPSA) is 58.9 Å². The van der Waals surface area contributed by atoms with Gasteiger partial charge in [0.05, 0.1) is 12.7 Å². The summed E-state index contributed by atoms with van der Waals surface area (Å²) in [5, 5.41) is 17.8. The normalized spacial score (nSPS) is 14.1. The maximum Gasteiger partial charge on any atom is 0.119 e. The van der Waals surface area contributed by atoms with Crippen LogP contribution in [0, 0.1) is 0 Å². The molecule has 0 saturated carbocycles. The highest BCUT2D eigenvalue weighted by Gasteiger charge is 2.06. The summed E-state index contributed by atoms with van der Waals surface area (Å²) >= 11 is 0. The third kappa shape index (κ3) is 4.19. The standard InChI is InChI=1S/C13H18O4/c1-3-13(16-2)10-4-6-12(7-5-10)17-9-11(15)8-14/h3-7,11,13-15H,1,8-9H2,2H3. The highest BCUT2D eigenvalue weighted by Crippen LogP contribution is 2.20.